The molecule has 2 amide bonds. The molecule has 0 aromatic heterocycles. The average Bonchev–Trinajstić information content (AvgIpc) is 3.01. The second-order valence-corrected chi connectivity index (χ2v) is 6.20. The second kappa shape index (κ2) is 9.37. The van der Waals surface area contributed by atoms with E-state index < -0.39 is 0 Å². The van der Waals surface area contributed by atoms with Gasteiger partial charge in [0.1, 0.15) is 5.82 Å². The molecule has 0 aliphatic carbocycles. The van der Waals surface area contributed by atoms with Crippen LogP contribution in [-0.4, -0.2) is 42.4 Å². The van der Waals surface area contributed by atoms with Crippen LogP contribution < -0.4 is 10.6 Å². The Bertz CT molecular complexity index is 565. The van der Waals surface area contributed by atoms with Crippen LogP contribution in [0.1, 0.15) is 38.2 Å². The molecule has 1 aliphatic heterocycles. The number of benzene rings is 1. The SMILES string of the molecule is CC(=O)NCCCCNC(=O)C1CCCN1Cc1ccccc1F. The lowest BCUT2D eigenvalue weighted by atomic mass is 10.1. The van der Waals surface area contributed by atoms with Gasteiger partial charge >= 0.3 is 0 Å². The van der Waals surface area contributed by atoms with E-state index in [2.05, 4.69) is 10.6 Å². The van der Waals surface area contributed by atoms with Crippen LogP contribution in [0.5, 0.6) is 0 Å². The van der Waals surface area contributed by atoms with E-state index >= 15 is 0 Å². The summed E-state index contributed by atoms with van der Waals surface area (Å²) in [5.74, 6) is -0.237. The van der Waals surface area contributed by atoms with Crippen LogP contribution in [0.2, 0.25) is 0 Å². The third-order valence-electron chi connectivity index (χ3n) is 4.27. The molecule has 2 rings (SSSR count). The van der Waals surface area contributed by atoms with Crippen LogP contribution in [0.25, 0.3) is 0 Å². The molecule has 2 N–H and O–H groups in total. The van der Waals surface area contributed by atoms with Gasteiger partial charge in [0.05, 0.1) is 6.04 Å². The summed E-state index contributed by atoms with van der Waals surface area (Å²) in [6.45, 7) is 4.00. The van der Waals surface area contributed by atoms with Gasteiger partial charge in [0.15, 0.2) is 0 Å². The van der Waals surface area contributed by atoms with Crippen molar-refractivity contribution in [3.8, 4) is 0 Å². The first kappa shape index (κ1) is 18.4. The molecule has 0 spiro atoms. The number of halogens is 1. The van der Waals surface area contributed by atoms with E-state index in [4.69, 9.17) is 0 Å². The normalized spacial score (nSPS) is 17.7. The number of rotatable bonds is 8. The maximum absolute atomic E-state index is 13.8. The van der Waals surface area contributed by atoms with Crippen LogP contribution >= 0.6 is 0 Å². The van der Waals surface area contributed by atoms with Crippen molar-refractivity contribution in [2.75, 3.05) is 19.6 Å². The summed E-state index contributed by atoms with van der Waals surface area (Å²) in [7, 11) is 0. The first-order chi connectivity index (χ1) is 11.6. The van der Waals surface area contributed by atoms with Crippen molar-refractivity contribution in [1.82, 2.24) is 15.5 Å². The highest BCUT2D eigenvalue weighted by Gasteiger charge is 2.30. The van der Waals surface area contributed by atoms with E-state index in [9.17, 15) is 14.0 Å². The highest BCUT2D eigenvalue weighted by Crippen LogP contribution is 2.21. The van der Waals surface area contributed by atoms with E-state index in [1.54, 1.807) is 12.1 Å². The molecule has 1 unspecified atom stereocenters. The van der Waals surface area contributed by atoms with Crippen LogP contribution in [0, 0.1) is 5.82 Å². The summed E-state index contributed by atoms with van der Waals surface area (Å²) in [5.41, 5.74) is 0.632. The van der Waals surface area contributed by atoms with Gasteiger partial charge in [0, 0.05) is 32.1 Å². The molecular formula is C18H26FN3O2. The standard InChI is InChI=1S/C18H26FN3O2/c1-14(23)20-10-4-5-11-21-18(24)17-9-6-12-22(17)13-15-7-2-3-8-16(15)19/h2-3,7-8,17H,4-6,9-13H2,1H3,(H,20,23)(H,21,24). The number of nitrogens with zero attached hydrogens (tertiary/aromatic N) is 1. The Morgan fingerprint density at radius 3 is 2.62 bits per heavy atom. The molecule has 1 atom stereocenters. The van der Waals surface area contributed by atoms with Crippen LogP contribution in [0.3, 0.4) is 0 Å². The first-order valence-corrected chi connectivity index (χ1v) is 8.57. The highest BCUT2D eigenvalue weighted by molar-refractivity contribution is 5.82. The smallest absolute Gasteiger partial charge is 0.237 e. The Morgan fingerprint density at radius 1 is 1.21 bits per heavy atom. The van der Waals surface area contributed by atoms with Gasteiger partial charge in [-0.05, 0) is 38.3 Å². The summed E-state index contributed by atoms with van der Waals surface area (Å²) in [4.78, 5) is 25.2. The summed E-state index contributed by atoms with van der Waals surface area (Å²) < 4.78 is 13.8. The van der Waals surface area contributed by atoms with Crippen molar-refractivity contribution in [1.29, 1.82) is 0 Å². The summed E-state index contributed by atoms with van der Waals surface area (Å²) in [6, 6.07) is 6.53. The molecule has 0 saturated carbocycles. The zero-order valence-corrected chi connectivity index (χ0v) is 14.2. The number of carbonyl (C=O) groups is 2. The zero-order chi connectivity index (χ0) is 17.4. The average molecular weight is 335 g/mol. The first-order valence-electron chi connectivity index (χ1n) is 8.57. The molecule has 1 heterocycles. The van der Waals surface area contributed by atoms with E-state index in [1.807, 2.05) is 11.0 Å². The molecule has 6 heteroatoms. The second-order valence-electron chi connectivity index (χ2n) is 6.20. The van der Waals surface area contributed by atoms with Crippen LogP contribution in [0.4, 0.5) is 4.39 Å². The minimum atomic E-state index is -0.221. The topological polar surface area (TPSA) is 61.4 Å². The summed E-state index contributed by atoms with van der Waals surface area (Å²) in [6.07, 6.45) is 3.43. The van der Waals surface area contributed by atoms with Gasteiger partial charge in [0.25, 0.3) is 0 Å². The maximum Gasteiger partial charge on any atom is 0.237 e. The largest absolute Gasteiger partial charge is 0.356 e. The monoisotopic (exact) mass is 335 g/mol. The number of hydrogen-bond acceptors (Lipinski definition) is 3. The van der Waals surface area contributed by atoms with Gasteiger partial charge in [-0.3, -0.25) is 14.5 Å². The molecule has 1 saturated heterocycles. The van der Waals surface area contributed by atoms with Gasteiger partial charge in [0.2, 0.25) is 11.8 Å². The Labute approximate surface area is 142 Å². The predicted molar refractivity (Wildman–Crippen MR) is 90.8 cm³/mol. The van der Waals surface area contributed by atoms with Gasteiger partial charge in [-0.25, -0.2) is 4.39 Å². The van der Waals surface area contributed by atoms with E-state index in [1.165, 1.54) is 13.0 Å². The third-order valence-corrected chi connectivity index (χ3v) is 4.27. The van der Waals surface area contributed by atoms with Crippen molar-refractivity contribution in [2.45, 2.75) is 45.2 Å². The molecule has 1 aromatic carbocycles. The van der Waals surface area contributed by atoms with E-state index in [-0.39, 0.29) is 23.7 Å². The number of likely N-dealkylation sites (tertiary alicyclic amines) is 1. The molecule has 1 aliphatic rings. The van der Waals surface area contributed by atoms with E-state index in [0.29, 0.717) is 25.2 Å². The Balaban J connectivity index is 1.74. The van der Waals surface area contributed by atoms with Crippen molar-refractivity contribution in [3.63, 3.8) is 0 Å². The number of unbranched alkanes of at least 4 members (excludes halogenated alkanes) is 1. The van der Waals surface area contributed by atoms with Gasteiger partial charge in [-0.2, -0.15) is 0 Å². The van der Waals surface area contributed by atoms with Crippen molar-refractivity contribution >= 4 is 11.8 Å². The minimum absolute atomic E-state index is 0.0170. The van der Waals surface area contributed by atoms with Gasteiger partial charge in [-0.15, -0.1) is 0 Å². The lowest BCUT2D eigenvalue weighted by Gasteiger charge is -2.24. The number of carbonyl (C=O) groups excluding carboxylic acids is 2. The van der Waals surface area contributed by atoms with Crippen molar-refractivity contribution in [3.05, 3.63) is 35.6 Å². The highest BCUT2D eigenvalue weighted by atomic mass is 19.1. The predicted octanol–water partition coefficient (Wildman–Crippen LogP) is 1.82. The maximum atomic E-state index is 13.8. The molecule has 24 heavy (non-hydrogen) atoms. The molecule has 0 radical (unpaired) electrons. The Kier molecular flexibility index (Phi) is 7.18. The van der Waals surface area contributed by atoms with Crippen molar-refractivity contribution in [2.24, 2.45) is 0 Å². The fraction of sp³-hybridized carbons (Fsp3) is 0.556. The Morgan fingerprint density at radius 2 is 1.92 bits per heavy atom. The number of nitrogens with one attached hydrogen (secondary N) is 2. The molecular weight excluding hydrogens is 309 g/mol. The molecule has 132 valence electrons. The zero-order valence-electron chi connectivity index (χ0n) is 14.2. The molecule has 1 aromatic rings. The van der Waals surface area contributed by atoms with E-state index in [0.717, 1.165) is 32.2 Å². The molecule has 0 bridgehead atoms. The van der Waals surface area contributed by atoms with Crippen LogP contribution in [0.15, 0.2) is 24.3 Å². The van der Waals surface area contributed by atoms with Crippen LogP contribution in [-0.2, 0) is 16.1 Å². The number of amides is 2. The van der Waals surface area contributed by atoms with Crippen molar-refractivity contribution < 1.29 is 14.0 Å². The fourth-order valence-electron chi connectivity index (χ4n) is 3.00. The van der Waals surface area contributed by atoms with Gasteiger partial charge in [-0.1, -0.05) is 18.2 Å². The number of hydrogen-bond donors (Lipinski definition) is 2. The lowest BCUT2D eigenvalue weighted by Crippen LogP contribution is -2.43. The molecule has 5 nitrogen and oxygen atoms in total. The summed E-state index contributed by atoms with van der Waals surface area (Å²) in [5, 5.41) is 5.69. The quantitative estimate of drug-likeness (QED) is 0.713. The fourth-order valence-corrected chi connectivity index (χ4v) is 3.00. The third kappa shape index (κ3) is 5.60. The lowest BCUT2D eigenvalue weighted by molar-refractivity contribution is -0.125. The summed E-state index contributed by atoms with van der Waals surface area (Å²) >= 11 is 0. The Hall–Kier alpha value is -1.95. The molecule has 1 fully saturated rings. The van der Waals surface area contributed by atoms with Gasteiger partial charge < -0.3 is 10.6 Å². The minimum Gasteiger partial charge on any atom is -0.356 e.